The number of nitrogen functional groups attached to an aromatic ring is 1. The average molecular weight is 251 g/mol. The SMILES string of the molecule is CC(N(C)c1cc(N)cc([N+](=O)[O-])c1)C(C)(C)C. The number of benzene rings is 1. The lowest BCUT2D eigenvalue weighted by molar-refractivity contribution is -0.384. The van der Waals surface area contributed by atoms with Gasteiger partial charge in [-0.1, -0.05) is 20.8 Å². The number of nitro benzene ring substituents is 1. The van der Waals surface area contributed by atoms with Gasteiger partial charge in [-0.25, -0.2) is 0 Å². The quantitative estimate of drug-likeness (QED) is 0.509. The summed E-state index contributed by atoms with van der Waals surface area (Å²) in [4.78, 5) is 12.4. The van der Waals surface area contributed by atoms with E-state index in [1.165, 1.54) is 6.07 Å². The number of nitro groups is 1. The molecule has 0 saturated carbocycles. The van der Waals surface area contributed by atoms with Crippen molar-refractivity contribution in [3.05, 3.63) is 28.3 Å². The summed E-state index contributed by atoms with van der Waals surface area (Å²) in [5.41, 5.74) is 6.99. The van der Waals surface area contributed by atoms with Gasteiger partial charge in [0.25, 0.3) is 5.69 Å². The second-order valence-electron chi connectivity index (χ2n) is 5.69. The van der Waals surface area contributed by atoms with Crippen LogP contribution in [0.4, 0.5) is 17.1 Å². The molecular weight excluding hydrogens is 230 g/mol. The fourth-order valence-corrected chi connectivity index (χ4v) is 1.73. The molecule has 1 aromatic rings. The van der Waals surface area contributed by atoms with Crippen LogP contribution in [0.1, 0.15) is 27.7 Å². The molecule has 5 heteroatoms. The van der Waals surface area contributed by atoms with Gasteiger partial charge in [-0.2, -0.15) is 0 Å². The standard InChI is InChI=1S/C13H21N3O2/c1-9(13(2,3)4)15(5)11-6-10(14)7-12(8-11)16(17)18/h6-9H,14H2,1-5H3. The minimum Gasteiger partial charge on any atom is -0.398 e. The fraction of sp³-hybridized carbons (Fsp3) is 0.538. The summed E-state index contributed by atoms with van der Waals surface area (Å²) in [6.07, 6.45) is 0. The van der Waals surface area contributed by atoms with Gasteiger partial charge in [0.1, 0.15) is 0 Å². The van der Waals surface area contributed by atoms with E-state index in [9.17, 15) is 10.1 Å². The van der Waals surface area contributed by atoms with E-state index in [1.54, 1.807) is 12.1 Å². The van der Waals surface area contributed by atoms with Gasteiger partial charge in [-0.3, -0.25) is 10.1 Å². The number of nitrogens with zero attached hydrogens (tertiary/aromatic N) is 2. The van der Waals surface area contributed by atoms with Crippen molar-refractivity contribution in [3.8, 4) is 0 Å². The van der Waals surface area contributed by atoms with Gasteiger partial charge in [0.15, 0.2) is 0 Å². The summed E-state index contributed by atoms with van der Waals surface area (Å²) in [7, 11) is 1.93. The highest BCUT2D eigenvalue weighted by Gasteiger charge is 2.25. The Bertz CT molecular complexity index is 452. The lowest BCUT2D eigenvalue weighted by Crippen LogP contribution is -2.39. The third kappa shape index (κ3) is 3.12. The smallest absolute Gasteiger partial charge is 0.273 e. The van der Waals surface area contributed by atoms with Crippen molar-refractivity contribution in [2.45, 2.75) is 33.7 Å². The van der Waals surface area contributed by atoms with E-state index in [-0.39, 0.29) is 17.1 Å². The van der Waals surface area contributed by atoms with Crippen LogP contribution in [0, 0.1) is 15.5 Å². The highest BCUT2D eigenvalue weighted by molar-refractivity contribution is 5.62. The molecule has 2 N–H and O–H groups in total. The van der Waals surface area contributed by atoms with Gasteiger partial charge in [0.2, 0.25) is 0 Å². The largest absolute Gasteiger partial charge is 0.398 e. The fourth-order valence-electron chi connectivity index (χ4n) is 1.73. The van der Waals surface area contributed by atoms with Gasteiger partial charge >= 0.3 is 0 Å². The number of hydrogen-bond acceptors (Lipinski definition) is 4. The minimum atomic E-state index is -0.421. The predicted octanol–water partition coefficient (Wildman–Crippen LogP) is 3.05. The lowest BCUT2D eigenvalue weighted by Gasteiger charge is -2.36. The van der Waals surface area contributed by atoms with Crippen LogP contribution >= 0.6 is 0 Å². The van der Waals surface area contributed by atoms with E-state index in [0.717, 1.165) is 5.69 Å². The van der Waals surface area contributed by atoms with E-state index in [4.69, 9.17) is 5.73 Å². The molecule has 1 rings (SSSR count). The Balaban J connectivity index is 3.13. The molecule has 0 radical (unpaired) electrons. The monoisotopic (exact) mass is 251 g/mol. The molecule has 18 heavy (non-hydrogen) atoms. The average Bonchev–Trinajstić information content (AvgIpc) is 2.24. The first-order chi connectivity index (χ1) is 8.12. The highest BCUT2D eigenvalue weighted by atomic mass is 16.6. The number of hydrogen-bond donors (Lipinski definition) is 1. The molecule has 0 saturated heterocycles. The van der Waals surface area contributed by atoms with E-state index < -0.39 is 4.92 Å². The van der Waals surface area contributed by atoms with Crippen LogP contribution in [-0.2, 0) is 0 Å². The van der Waals surface area contributed by atoms with Crippen molar-refractivity contribution in [1.82, 2.24) is 0 Å². The van der Waals surface area contributed by atoms with Gasteiger partial charge in [-0.15, -0.1) is 0 Å². The number of nitrogens with two attached hydrogens (primary N) is 1. The van der Waals surface area contributed by atoms with Gasteiger partial charge in [0.05, 0.1) is 4.92 Å². The van der Waals surface area contributed by atoms with Crippen LogP contribution < -0.4 is 10.6 Å². The molecule has 0 fully saturated rings. The third-order valence-electron chi connectivity index (χ3n) is 3.38. The van der Waals surface area contributed by atoms with Crippen molar-refractivity contribution in [2.24, 2.45) is 5.41 Å². The van der Waals surface area contributed by atoms with Gasteiger partial charge in [0, 0.05) is 36.6 Å². The number of anilines is 2. The first kappa shape index (κ1) is 14.3. The first-order valence-electron chi connectivity index (χ1n) is 5.90. The first-order valence-corrected chi connectivity index (χ1v) is 5.90. The predicted molar refractivity (Wildman–Crippen MR) is 74.8 cm³/mol. The van der Waals surface area contributed by atoms with Crippen molar-refractivity contribution >= 4 is 17.1 Å². The van der Waals surface area contributed by atoms with Crippen molar-refractivity contribution in [3.63, 3.8) is 0 Å². The van der Waals surface area contributed by atoms with E-state index in [2.05, 4.69) is 27.7 Å². The highest BCUT2D eigenvalue weighted by Crippen LogP contribution is 2.30. The van der Waals surface area contributed by atoms with Crippen LogP contribution in [0.2, 0.25) is 0 Å². The molecule has 0 amide bonds. The summed E-state index contributed by atoms with van der Waals surface area (Å²) in [5, 5.41) is 10.8. The Morgan fingerprint density at radius 3 is 2.33 bits per heavy atom. The number of rotatable bonds is 3. The van der Waals surface area contributed by atoms with Crippen molar-refractivity contribution < 1.29 is 4.92 Å². The Morgan fingerprint density at radius 2 is 1.89 bits per heavy atom. The zero-order valence-corrected chi connectivity index (χ0v) is 11.6. The van der Waals surface area contributed by atoms with Gasteiger partial charge in [-0.05, 0) is 18.4 Å². The molecular formula is C13H21N3O2. The maximum absolute atomic E-state index is 10.8. The molecule has 5 nitrogen and oxygen atoms in total. The summed E-state index contributed by atoms with van der Waals surface area (Å²) in [6, 6.07) is 4.92. The van der Waals surface area contributed by atoms with Crippen molar-refractivity contribution in [2.75, 3.05) is 17.7 Å². The minimum absolute atomic E-state index is 0.0259. The Morgan fingerprint density at radius 1 is 1.33 bits per heavy atom. The Hall–Kier alpha value is -1.78. The molecule has 0 bridgehead atoms. The summed E-state index contributed by atoms with van der Waals surface area (Å²) in [6.45, 7) is 8.49. The molecule has 100 valence electrons. The number of non-ortho nitro benzene ring substituents is 1. The van der Waals surface area contributed by atoms with E-state index in [0.29, 0.717) is 5.69 Å². The van der Waals surface area contributed by atoms with Crippen molar-refractivity contribution in [1.29, 1.82) is 0 Å². The van der Waals surface area contributed by atoms with Crippen LogP contribution in [0.3, 0.4) is 0 Å². The zero-order valence-electron chi connectivity index (χ0n) is 11.6. The Labute approximate surface area is 108 Å². The lowest BCUT2D eigenvalue weighted by atomic mass is 9.87. The molecule has 0 spiro atoms. The summed E-state index contributed by atoms with van der Waals surface area (Å²) in [5.74, 6) is 0. The van der Waals surface area contributed by atoms with Gasteiger partial charge < -0.3 is 10.6 Å². The van der Waals surface area contributed by atoms with E-state index >= 15 is 0 Å². The maximum Gasteiger partial charge on any atom is 0.273 e. The van der Waals surface area contributed by atoms with Crippen LogP contribution in [0.15, 0.2) is 18.2 Å². The Kier molecular flexibility index (Phi) is 3.84. The molecule has 0 aliphatic rings. The second-order valence-corrected chi connectivity index (χ2v) is 5.69. The van der Waals surface area contributed by atoms with Crippen LogP contribution in [0.25, 0.3) is 0 Å². The third-order valence-corrected chi connectivity index (χ3v) is 3.38. The molecule has 0 aliphatic heterocycles. The van der Waals surface area contributed by atoms with Crippen LogP contribution in [0.5, 0.6) is 0 Å². The molecule has 0 aromatic heterocycles. The molecule has 0 aliphatic carbocycles. The zero-order chi connectivity index (χ0) is 14.1. The summed E-state index contributed by atoms with van der Waals surface area (Å²) < 4.78 is 0. The summed E-state index contributed by atoms with van der Waals surface area (Å²) >= 11 is 0. The molecule has 1 atom stereocenters. The van der Waals surface area contributed by atoms with E-state index in [1.807, 2.05) is 11.9 Å². The van der Waals surface area contributed by atoms with Crippen LogP contribution in [-0.4, -0.2) is 18.0 Å². The molecule has 1 unspecified atom stereocenters. The molecule has 0 heterocycles. The normalized spacial score (nSPS) is 13.2. The topological polar surface area (TPSA) is 72.4 Å². The second kappa shape index (κ2) is 4.84. The molecule has 1 aromatic carbocycles. The maximum atomic E-state index is 10.8.